The van der Waals surface area contributed by atoms with E-state index in [0.717, 1.165) is 16.9 Å². The summed E-state index contributed by atoms with van der Waals surface area (Å²) in [5.41, 5.74) is 1.96. The lowest BCUT2D eigenvalue weighted by atomic mass is 10.0. The van der Waals surface area contributed by atoms with Crippen molar-refractivity contribution in [3.8, 4) is 5.75 Å². The van der Waals surface area contributed by atoms with Gasteiger partial charge in [-0.25, -0.2) is 0 Å². The van der Waals surface area contributed by atoms with Crippen LogP contribution in [0.5, 0.6) is 5.75 Å². The number of rotatable bonds is 4. The van der Waals surface area contributed by atoms with Gasteiger partial charge >= 0.3 is 0 Å². The average molecular weight is 196 g/mol. The molecular formula is C11H16O3. The molecule has 1 rings (SSSR count). The number of methoxy groups -OCH3 is 1. The highest BCUT2D eigenvalue weighted by Gasteiger charge is 2.10. The van der Waals surface area contributed by atoms with Crippen LogP contribution in [0.3, 0.4) is 0 Å². The van der Waals surface area contributed by atoms with Crippen LogP contribution in [0.4, 0.5) is 0 Å². The highest BCUT2D eigenvalue weighted by molar-refractivity contribution is 5.41. The third kappa shape index (κ3) is 2.47. The van der Waals surface area contributed by atoms with Crippen LogP contribution in [0.15, 0.2) is 18.2 Å². The van der Waals surface area contributed by atoms with Crippen LogP contribution in [0.2, 0.25) is 0 Å². The minimum absolute atomic E-state index is 0.225. The predicted molar refractivity (Wildman–Crippen MR) is 54.5 cm³/mol. The molecule has 3 heteroatoms. The minimum Gasteiger partial charge on any atom is -0.496 e. The molecule has 0 aliphatic heterocycles. The largest absolute Gasteiger partial charge is 0.496 e. The van der Waals surface area contributed by atoms with Gasteiger partial charge in [-0.05, 0) is 18.1 Å². The van der Waals surface area contributed by atoms with Crippen molar-refractivity contribution in [3.63, 3.8) is 0 Å². The van der Waals surface area contributed by atoms with Gasteiger partial charge in [-0.3, -0.25) is 0 Å². The van der Waals surface area contributed by atoms with Gasteiger partial charge in [0.05, 0.1) is 19.8 Å². The van der Waals surface area contributed by atoms with Crippen molar-refractivity contribution in [2.75, 3.05) is 13.7 Å². The van der Waals surface area contributed by atoms with Crippen LogP contribution >= 0.6 is 0 Å². The van der Waals surface area contributed by atoms with E-state index in [1.807, 2.05) is 25.1 Å². The maximum Gasteiger partial charge on any atom is 0.125 e. The van der Waals surface area contributed by atoms with Crippen molar-refractivity contribution >= 4 is 0 Å². The first-order valence-electron chi connectivity index (χ1n) is 4.60. The van der Waals surface area contributed by atoms with Crippen LogP contribution in [0.25, 0.3) is 0 Å². The molecule has 0 aromatic heterocycles. The molecule has 78 valence electrons. The average Bonchev–Trinajstić information content (AvgIpc) is 2.18. The van der Waals surface area contributed by atoms with E-state index in [2.05, 4.69) is 0 Å². The molecule has 1 atom stereocenters. The van der Waals surface area contributed by atoms with Gasteiger partial charge in [0.25, 0.3) is 0 Å². The number of benzene rings is 1. The maximum absolute atomic E-state index is 9.32. The lowest BCUT2D eigenvalue weighted by molar-refractivity contribution is 0.0949. The summed E-state index contributed by atoms with van der Waals surface area (Å²) in [6.45, 7) is 1.73. The summed E-state index contributed by atoms with van der Waals surface area (Å²) in [4.78, 5) is 0. The molecule has 0 saturated carbocycles. The van der Waals surface area contributed by atoms with Crippen molar-refractivity contribution in [1.29, 1.82) is 0 Å². The first-order chi connectivity index (χ1) is 6.69. The van der Waals surface area contributed by atoms with Crippen LogP contribution in [-0.4, -0.2) is 30.0 Å². The second kappa shape index (κ2) is 4.98. The standard InChI is InChI=1S/C11H16O3/c1-8-4-3-5-9(11(8)14-2)6-10(13)7-12/h3-5,10,12-13H,6-7H2,1-2H3. The molecule has 3 nitrogen and oxygen atoms in total. The molecule has 0 bridgehead atoms. The Morgan fingerprint density at radius 2 is 2.14 bits per heavy atom. The van der Waals surface area contributed by atoms with Crippen LogP contribution in [-0.2, 0) is 6.42 Å². The molecule has 0 radical (unpaired) electrons. The Bertz CT molecular complexity index is 297. The fourth-order valence-electron chi connectivity index (χ4n) is 1.48. The maximum atomic E-state index is 9.32. The van der Waals surface area contributed by atoms with E-state index in [0.29, 0.717) is 6.42 Å². The van der Waals surface area contributed by atoms with Gasteiger partial charge in [0.2, 0.25) is 0 Å². The van der Waals surface area contributed by atoms with E-state index in [1.54, 1.807) is 7.11 Å². The van der Waals surface area contributed by atoms with Crippen molar-refractivity contribution < 1.29 is 14.9 Å². The van der Waals surface area contributed by atoms with Crippen molar-refractivity contribution in [2.24, 2.45) is 0 Å². The lowest BCUT2D eigenvalue weighted by Crippen LogP contribution is -2.15. The van der Waals surface area contributed by atoms with Gasteiger partial charge in [-0.2, -0.15) is 0 Å². The number of aliphatic hydroxyl groups excluding tert-OH is 2. The molecule has 0 amide bonds. The van der Waals surface area contributed by atoms with Crippen molar-refractivity contribution in [1.82, 2.24) is 0 Å². The first kappa shape index (κ1) is 11.0. The van der Waals surface area contributed by atoms with Crippen LogP contribution < -0.4 is 4.74 Å². The van der Waals surface area contributed by atoms with E-state index in [9.17, 15) is 5.11 Å². The van der Waals surface area contributed by atoms with E-state index < -0.39 is 6.10 Å². The summed E-state index contributed by atoms with van der Waals surface area (Å²) in [5.74, 6) is 0.792. The van der Waals surface area contributed by atoms with E-state index in [1.165, 1.54) is 0 Å². The summed E-state index contributed by atoms with van der Waals surface area (Å²) in [6.07, 6.45) is -0.299. The zero-order chi connectivity index (χ0) is 10.6. The Kier molecular flexibility index (Phi) is 3.92. The molecule has 2 N–H and O–H groups in total. The summed E-state index contributed by atoms with van der Waals surface area (Å²) in [6, 6.07) is 5.76. The number of hydrogen-bond acceptors (Lipinski definition) is 3. The molecule has 0 fully saturated rings. The van der Waals surface area contributed by atoms with Crippen LogP contribution in [0.1, 0.15) is 11.1 Å². The summed E-state index contributed by atoms with van der Waals surface area (Å²) >= 11 is 0. The topological polar surface area (TPSA) is 49.7 Å². The number of para-hydroxylation sites is 1. The molecule has 0 saturated heterocycles. The molecule has 0 heterocycles. The van der Waals surface area contributed by atoms with Gasteiger partial charge < -0.3 is 14.9 Å². The smallest absolute Gasteiger partial charge is 0.125 e. The van der Waals surface area contributed by atoms with Gasteiger partial charge in [0.15, 0.2) is 0 Å². The fourth-order valence-corrected chi connectivity index (χ4v) is 1.48. The normalized spacial score (nSPS) is 12.6. The zero-order valence-electron chi connectivity index (χ0n) is 8.53. The molecule has 0 aliphatic rings. The van der Waals surface area contributed by atoms with E-state index in [-0.39, 0.29) is 6.61 Å². The quantitative estimate of drug-likeness (QED) is 0.752. The highest BCUT2D eigenvalue weighted by atomic mass is 16.5. The summed E-state index contributed by atoms with van der Waals surface area (Å²) < 4.78 is 5.23. The summed E-state index contributed by atoms with van der Waals surface area (Å²) in [5, 5.41) is 18.1. The second-order valence-corrected chi connectivity index (χ2v) is 3.31. The second-order valence-electron chi connectivity index (χ2n) is 3.31. The third-order valence-corrected chi connectivity index (χ3v) is 2.16. The van der Waals surface area contributed by atoms with Gasteiger partial charge in [0, 0.05) is 6.42 Å². The summed E-state index contributed by atoms with van der Waals surface area (Å²) in [7, 11) is 1.61. The number of aryl methyl sites for hydroxylation is 1. The highest BCUT2D eigenvalue weighted by Crippen LogP contribution is 2.23. The van der Waals surface area contributed by atoms with Gasteiger partial charge in [-0.1, -0.05) is 18.2 Å². The molecule has 0 spiro atoms. The predicted octanol–water partition coefficient (Wildman–Crippen LogP) is 0.899. The van der Waals surface area contributed by atoms with Gasteiger partial charge in [-0.15, -0.1) is 0 Å². The Morgan fingerprint density at radius 3 is 2.71 bits per heavy atom. The Morgan fingerprint density at radius 1 is 1.43 bits per heavy atom. The monoisotopic (exact) mass is 196 g/mol. The van der Waals surface area contributed by atoms with E-state index in [4.69, 9.17) is 9.84 Å². The molecule has 1 unspecified atom stereocenters. The van der Waals surface area contributed by atoms with Crippen LogP contribution in [0, 0.1) is 6.92 Å². The zero-order valence-corrected chi connectivity index (χ0v) is 8.53. The van der Waals surface area contributed by atoms with Crippen molar-refractivity contribution in [3.05, 3.63) is 29.3 Å². The number of ether oxygens (including phenoxy) is 1. The Balaban J connectivity index is 2.90. The fraction of sp³-hybridized carbons (Fsp3) is 0.455. The van der Waals surface area contributed by atoms with Crippen molar-refractivity contribution in [2.45, 2.75) is 19.4 Å². The lowest BCUT2D eigenvalue weighted by Gasteiger charge is -2.13. The SMILES string of the molecule is COc1c(C)cccc1CC(O)CO. The number of hydrogen-bond donors (Lipinski definition) is 2. The Labute approximate surface area is 84.0 Å². The van der Waals surface area contributed by atoms with Gasteiger partial charge in [0.1, 0.15) is 5.75 Å². The third-order valence-electron chi connectivity index (χ3n) is 2.16. The molecule has 0 aliphatic carbocycles. The molecule has 14 heavy (non-hydrogen) atoms. The van der Waals surface area contributed by atoms with E-state index >= 15 is 0 Å². The first-order valence-corrected chi connectivity index (χ1v) is 4.60. The molecular weight excluding hydrogens is 180 g/mol. The Hall–Kier alpha value is -1.06. The minimum atomic E-state index is -0.717. The number of aliphatic hydroxyl groups is 2. The molecule has 1 aromatic rings. The molecule has 1 aromatic carbocycles.